The fourth-order valence-electron chi connectivity index (χ4n) is 3.08. The van der Waals surface area contributed by atoms with Crippen molar-refractivity contribution in [3.05, 3.63) is 16.5 Å². The fraction of sp³-hybridized carbons (Fsp3) is 0.733. The first-order valence-corrected chi connectivity index (χ1v) is 8.00. The molecule has 2 rings (SSSR count). The maximum absolute atomic E-state index is 12.2. The van der Waals surface area contributed by atoms with Crippen LogP contribution < -0.4 is 5.32 Å². The molecule has 1 aromatic heterocycles. The first-order valence-electron chi connectivity index (χ1n) is 7.62. The number of amides is 1. The third-order valence-corrected chi connectivity index (χ3v) is 4.58. The second-order valence-electron chi connectivity index (χ2n) is 5.78. The average molecular weight is 315 g/mol. The molecule has 0 bridgehead atoms. The zero-order valence-electron chi connectivity index (χ0n) is 12.4. The van der Waals surface area contributed by atoms with E-state index in [2.05, 4.69) is 10.5 Å². The van der Waals surface area contributed by atoms with Crippen LogP contribution in [0.3, 0.4) is 0 Å². The summed E-state index contributed by atoms with van der Waals surface area (Å²) < 4.78 is 4.86. The summed E-state index contributed by atoms with van der Waals surface area (Å²) in [6.45, 7) is 1.86. The number of nitrogens with one attached hydrogen (secondary N) is 1. The fourth-order valence-corrected chi connectivity index (χ4v) is 3.32. The van der Waals surface area contributed by atoms with Crippen molar-refractivity contribution in [3.63, 3.8) is 0 Å². The molecule has 5 nitrogen and oxygen atoms in total. The van der Waals surface area contributed by atoms with Crippen LogP contribution in [0.25, 0.3) is 0 Å². The number of aromatic nitrogens is 1. The minimum absolute atomic E-state index is 0.0433. The molecule has 1 aliphatic rings. The van der Waals surface area contributed by atoms with Crippen LogP contribution in [0.1, 0.15) is 49.8 Å². The number of carbonyl (C=O) groups excluding carboxylic acids is 1. The second-order valence-corrected chi connectivity index (χ2v) is 6.12. The molecule has 1 heterocycles. The molecule has 0 aromatic carbocycles. The quantitative estimate of drug-likeness (QED) is 0.846. The summed E-state index contributed by atoms with van der Waals surface area (Å²) in [5.74, 6) is 0.376. The van der Waals surface area contributed by atoms with Gasteiger partial charge in [0.25, 0.3) is 0 Å². The van der Waals surface area contributed by atoms with Crippen LogP contribution >= 0.6 is 11.6 Å². The van der Waals surface area contributed by atoms with Gasteiger partial charge >= 0.3 is 0 Å². The maximum atomic E-state index is 12.2. The van der Waals surface area contributed by atoms with Crippen molar-refractivity contribution in [2.45, 2.75) is 57.9 Å². The molecule has 1 amide bonds. The molecular formula is C15H23ClN2O3. The topological polar surface area (TPSA) is 75.4 Å². The van der Waals surface area contributed by atoms with E-state index < -0.39 is 0 Å². The highest BCUT2D eigenvalue weighted by atomic mass is 35.5. The second kappa shape index (κ2) is 7.80. The van der Waals surface area contributed by atoms with Crippen molar-refractivity contribution in [3.8, 4) is 0 Å². The zero-order chi connectivity index (χ0) is 15.2. The molecule has 1 atom stereocenters. The highest BCUT2D eigenvalue weighted by Crippen LogP contribution is 2.28. The van der Waals surface area contributed by atoms with Gasteiger partial charge in [0.1, 0.15) is 0 Å². The van der Waals surface area contributed by atoms with Gasteiger partial charge in [-0.3, -0.25) is 4.79 Å². The number of nitrogens with zero attached hydrogens (tertiary/aromatic N) is 1. The number of halogens is 1. The molecule has 0 aliphatic heterocycles. The summed E-state index contributed by atoms with van der Waals surface area (Å²) in [7, 11) is 0. The van der Waals surface area contributed by atoms with Crippen LogP contribution in [0.4, 0.5) is 0 Å². The maximum Gasteiger partial charge on any atom is 0.229 e. The third kappa shape index (κ3) is 4.45. The molecule has 0 spiro atoms. The highest BCUT2D eigenvalue weighted by molar-refractivity contribution is 6.29. The normalized spacial score (nSPS) is 17.7. The average Bonchev–Trinajstić information content (AvgIpc) is 2.79. The van der Waals surface area contributed by atoms with Crippen molar-refractivity contribution >= 4 is 17.5 Å². The van der Waals surface area contributed by atoms with Gasteiger partial charge in [0.15, 0.2) is 0 Å². The lowest BCUT2D eigenvalue weighted by Gasteiger charge is -2.30. The summed E-state index contributed by atoms with van der Waals surface area (Å²) in [4.78, 5) is 12.2. The van der Waals surface area contributed by atoms with Gasteiger partial charge in [0.2, 0.25) is 11.1 Å². The van der Waals surface area contributed by atoms with E-state index in [-0.39, 0.29) is 30.2 Å². The van der Waals surface area contributed by atoms with E-state index in [1.807, 2.05) is 0 Å². The predicted octanol–water partition coefficient (Wildman–Crippen LogP) is 2.63. The Morgan fingerprint density at radius 3 is 2.76 bits per heavy atom. The Balaban J connectivity index is 1.94. The van der Waals surface area contributed by atoms with Crippen LogP contribution in [-0.4, -0.2) is 28.8 Å². The number of carbonyl (C=O) groups is 1. The standard InChI is InChI=1S/C15H23ClN2O3/c1-10-12(15(16)21-18-10)9-14(20)17-13(7-8-19)11-5-3-2-4-6-11/h11,13,19H,2-9H2,1H3,(H,17,20). The van der Waals surface area contributed by atoms with Gasteiger partial charge in [-0.1, -0.05) is 24.4 Å². The van der Waals surface area contributed by atoms with Gasteiger partial charge in [-0.25, -0.2) is 0 Å². The Morgan fingerprint density at radius 2 is 2.19 bits per heavy atom. The molecule has 0 radical (unpaired) electrons. The van der Waals surface area contributed by atoms with Gasteiger partial charge in [0, 0.05) is 18.2 Å². The largest absolute Gasteiger partial charge is 0.396 e. The van der Waals surface area contributed by atoms with Crippen molar-refractivity contribution in [2.75, 3.05) is 6.61 Å². The molecule has 0 saturated heterocycles. The number of hydrogen-bond acceptors (Lipinski definition) is 4. The van der Waals surface area contributed by atoms with Crippen LogP contribution in [0.2, 0.25) is 5.22 Å². The molecule has 2 N–H and O–H groups in total. The predicted molar refractivity (Wildman–Crippen MR) is 80.2 cm³/mol. The van der Waals surface area contributed by atoms with E-state index in [1.54, 1.807) is 6.92 Å². The van der Waals surface area contributed by atoms with Gasteiger partial charge in [-0.05, 0) is 43.7 Å². The van der Waals surface area contributed by atoms with E-state index in [1.165, 1.54) is 19.3 Å². The summed E-state index contributed by atoms with van der Waals surface area (Å²) in [5, 5.41) is 16.2. The Morgan fingerprint density at radius 1 is 1.48 bits per heavy atom. The zero-order valence-corrected chi connectivity index (χ0v) is 13.2. The Bertz CT molecular complexity index is 450. The molecule has 1 aromatic rings. The van der Waals surface area contributed by atoms with Gasteiger partial charge < -0.3 is 14.9 Å². The molecule has 6 heteroatoms. The molecule has 118 valence electrons. The SMILES string of the molecule is Cc1noc(Cl)c1CC(=O)NC(CCO)C1CCCCC1. The Labute approximate surface area is 130 Å². The lowest BCUT2D eigenvalue weighted by molar-refractivity contribution is -0.121. The summed E-state index contributed by atoms with van der Waals surface area (Å²) >= 11 is 5.89. The molecule has 1 saturated carbocycles. The number of aliphatic hydroxyl groups is 1. The number of aryl methyl sites for hydroxylation is 1. The molecular weight excluding hydrogens is 292 g/mol. The van der Waals surface area contributed by atoms with Crippen molar-refractivity contribution < 1.29 is 14.4 Å². The lowest BCUT2D eigenvalue weighted by Crippen LogP contribution is -2.42. The first-order chi connectivity index (χ1) is 10.1. The van der Waals surface area contributed by atoms with E-state index in [9.17, 15) is 9.90 Å². The monoisotopic (exact) mass is 314 g/mol. The Hall–Kier alpha value is -1.07. The van der Waals surface area contributed by atoms with Crippen LogP contribution in [-0.2, 0) is 11.2 Å². The number of aliphatic hydroxyl groups excluding tert-OH is 1. The van der Waals surface area contributed by atoms with E-state index in [0.717, 1.165) is 12.8 Å². The summed E-state index contributed by atoms with van der Waals surface area (Å²) in [6.07, 6.45) is 6.70. The van der Waals surface area contributed by atoms with Crippen molar-refractivity contribution in [1.82, 2.24) is 10.5 Å². The van der Waals surface area contributed by atoms with E-state index in [4.69, 9.17) is 16.1 Å². The first kappa shape index (κ1) is 16.3. The minimum Gasteiger partial charge on any atom is -0.396 e. The van der Waals surface area contributed by atoms with Crippen molar-refractivity contribution in [2.24, 2.45) is 5.92 Å². The van der Waals surface area contributed by atoms with Crippen LogP contribution in [0.5, 0.6) is 0 Å². The number of rotatable bonds is 6. The molecule has 1 unspecified atom stereocenters. The lowest BCUT2D eigenvalue weighted by atomic mass is 9.82. The van der Waals surface area contributed by atoms with Crippen molar-refractivity contribution in [1.29, 1.82) is 0 Å². The highest BCUT2D eigenvalue weighted by Gasteiger charge is 2.25. The third-order valence-electron chi connectivity index (χ3n) is 4.28. The minimum atomic E-state index is -0.0905. The van der Waals surface area contributed by atoms with Crippen LogP contribution in [0.15, 0.2) is 4.52 Å². The van der Waals surface area contributed by atoms with E-state index in [0.29, 0.717) is 23.6 Å². The van der Waals surface area contributed by atoms with E-state index >= 15 is 0 Å². The number of hydrogen-bond donors (Lipinski definition) is 2. The molecule has 1 fully saturated rings. The van der Waals surface area contributed by atoms with Crippen LogP contribution in [0, 0.1) is 12.8 Å². The van der Waals surface area contributed by atoms with Gasteiger partial charge in [-0.15, -0.1) is 0 Å². The van der Waals surface area contributed by atoms with Gasteiger partial charge in [0.05, 0.1) is 12.1 Å². The molecule has 1 aliphatic carbocycles. The summed E-state index contributed by atoms with van der Waals surface area (Å²) in [6, 6.07) is 0.0433. The molecule has 21 heavy (non-hydrogen) atoms. The smallest absolute Gasteiger partial charge is 0.229 e. The Kier molecular flexibility index (Phi) is 6.06. The summed E-state index contributed by atoms with van der Waals surface area (Å²) in [5.41, 5.74) is 1.28. The van der Waals surface area contributed by atoms with Gasteiger partial charge in [-0.2, -0.15) is 0 Å².